The molecule has 0 aromatic heterocycles. The molecule has 12 heavy (non-hydrogen) atoms. The van der Waals surface area contributed by atoms with Crippen molar-refractivity contribution in [2.24, 2.45) is 0 Å². The molecule has 0 heterocycles. The first-order valence-electron chi connectivity index (χ1n) is 3.69. The van der Waals surface area contributed by atoms with Gasteiger partial charge in [0.1, 0.15) is 5.54 Å². The van der Waals surface area contributed by atoms with Crippen LogP contribution in [0.1, 0.15) is 27.7 Å². The third kappa shape index (κ3) is 2.51. The molecule has 0 aliphatic heterocycles. The monoisotopic (exact) mass is 214 g/mol. The van der Waals surface area contributed by atoms with Gasteiger partial charge in [-0.3, -0.25) is 0 Å². The summed E-state index contributed by atoms with van der Waals surface area (Å²) >= 11 is 11.5. The van der Waals surface area contributed by atoms with E-state index in [-0.39, 0.29) is 6.61 Å². The fourth-order valence-electron chi connectivity index (χ4n) is 0.478. The van der Waals surface area contributed by atoms with Crippen LogP contribution in [0.25, 0.3) is 0 Å². The van der Waals surface area contributed by atoms with Crippen molar-refractivity contribution in [3.63, 3.8) is 0 Å². The van der Waals surface area contributed by atoms with Gasteiger partial charge in [0.05, 0.1) is 6.61 Å². The number of rotatable bonds is 1. The summed E-state index contributed by atoms with van der Waals surface area (Å²) in [4.78, 5) is 11.2. The predicted octanol–water partition coefficient (Wildman–Crippen LogP) is 3.07. The Morgan fingerprint density at radius 3 is 2.08 bits per heavy atom. The van der Waals surface area contributed by atoms with Gasteiger partial charge < -0.3 is 4.74 Å². The number of nitrogens with zero attached hydrogens (tertiary/aromatic N) is 1. The Hall–Kier alpha value is 0.01000. The molecule has 0 aliphatic rings. The van der Waals surface area contributed by atoms with E-state index in [0.717, 1.165) is 0 Å². The Labute approximate surface area is 83.0 Å². The minimum Gasteiger partial charge on any atom is -0.418 e. The molecule has 0 radical (unpaired) electrons. The van der Waals surface area contributed by atoms with Crippen molar-refractivity contribution in [3.8, 4) is 0 Å². The molecule has 3 nitrogen and oxygen atoms in total. The van der Waals surface area contributed by atoms with Crippen LogP contribution in [-0.4, -0.2) is 21.8 Å². The minimum absolute atomic E-state index is 0.272. The number of hydrogen-bond donors (Lipinski definition) is 0. The maximum Gasteiger partial charge on any atom is 0.553 e. The van der Waals surface area contributed by atoms with Crippen LogP contribution < -0.4 is 0 Å². The van der Waals surface area contributed by atoms with Crippen molar-refractivity contribution < 1.29 is 13.1 Å². The molecule has 1 amide bonds. The number of quaternary nitrogens is 1. The molecule has 0 aromatic rings. The Morgan fingerprint density at radius 1 is 1.42 bits per heavy atom. The smallest absolute Gasteiger partial charge is 0.418 e. The molecule has 0 bridgehead atoms. The Bertz CT molecular complexity index is 175. The number of amides is 1. The SMILES string of the molecule is CCOC(=O)[N+](Cl)(Cl)C(C)(C)C. The van der Waals surface area contributed by atoms with E-state index in [2.05, 4.69) is 0 Å². The minimum atomic E-state index is -0.805. The summed E-state index contributed by atoms with van der Waals surface area (Å²) in [6, 6.07) is 0. The Kier molecular flexibility index (Phi) is 3.82. The van der Waals surface area contributed by atoms with Gasteiger partial charge in [0.2, 0.25) is 0 Å². The van der Waals surface area contributed by atoms with E-state index in [1.165, 1.54) is 0 Å². The number of carbonyl (C=O) groups excluding carboxylic acids is 1. The fraction of sp³-hybridized carbons (Fsp3) is 0.857. The van der Waals surface area contributed by atoms with Gasteiger partial charge in [-0.1, -0.05) is 0 Å². The molecule has 0 unspecified atom stereocenters. The number of ether oxygens (including phenoxy) is 1. The maximum atomic E-state index is 11.2. The van der Waals surface area contributed by atoms with Crippen LogP contribution in [0.3, 0.4) is 0 Å². The molecular formula is C7H14Cl2NO2+. The molecule has 0 aromatic carbocycles. The van der Waals surface area contributed by atoms with E-state index in [4.69, 9.17) is 28.3 Å². The van der Waals surface area contributed by atoms with Crippen LogP contribution in [0, 0.1) is 0 Å². The maximum absolute atomic E-state index is 11.2. The normalized spacial score (nSPS) is 12.8. The van der Waals surface area contributed by atoms with Gasteiger partial charge in [-0.05, 0) is 31.2 Å². The van der Waals surface area contributed by atoms with Crippen molar-refractivity contribution in [2.45, 2.75) is 33.2 Å². The summed E-state index contributed by atoms with van der Waals surface area (Å²) in [5.74, 6) is 0. The molecule has 0 rings (SSSR count). The van der Waals surface area contributed by atoms with E-state index >= 15 is 0 Å². The van der Waals surface area contributed by atoms with Crippen LogP contribution >= 0.6 is 23.6 Å². The van der Waals surface area contributed by atoms with Gasteiger partial charge in [0, 0.05) is 0 Å². The lowest BCUT2D eigenvalue weighted by atomic mass is 10.1. The second kappa shape index (κ2) is 3.81. The lowest BCUT2D eigenvalue weighted by molar-refractivity contribution is -0.673. The molecule has 0 aliphatic carbocycles. The summed E-state index contributed by atoms with van der Waals surface area (Å²) in [6.45, 7) is 7.24. The Balaban J connectivity index is 4.50. The second-order valence-electron chi connectivity index (χ2n) is 3.38. The topological polar surface area (TPSA) is 26.3 Å². The summed E-state index contributed by atoms with van der Waals surface area (Å²) in [5.41, 5.74) is -0.588. The summed E-state index contributed by atoms with van der Waals surface area (Å²) in [6.07, 6.45) is -0.645. The van der Waals surface area contributed by atoms with E-state index in [0.29, 0.717) is 0 Å². The zero-order valence-electron chi connectivity index (χ0n) is 7.73. The highest BCUT2D eigenvalue weighted by Crippen LogP contribution is 2.32. The molecule has 0 N–H and O–H groups in total. The van der Waals surface area contributed by atoms with Crippen LogP contribution in [0.5, 0.6) is 0 Å². The molecule has 0 atom stereocenters. The first-order valence-corrected chi connectivity index (χ1v) is 4.37. The highest BCUT2D eigenvalue weighted by Gasteiger charge is 2.49. The van der Waals surface area contributed by atoms with Crippen LogP contribution in [0.4, 0.5) is 4.79 Å². The number of hydrogen-bond acceptors (Lipinski definition) is 2. The van der Waals surface area contributed by atoms with E-state index < -0.39 is 15.2 Å². The van der Waals surface area contributed by atoms with Gasteiger partial charge in [-0.2, -0.15) is 4.79 Å². The first-order chi connectivity index (χ1) is 5.23. The summed E-state index contributed by atoms with van der Waals surface area (Å²) in [7, 11) is 0. The average Bonchev–Trinajstić information content (AvgIpc) is 1.85. The predicted molar refractivity (Wildman–Crippen MR) is 48.7 cm³/mol. The third-order valence-corrected chi connectivity index (χ3v) is 2.63. The van der Waals surface area contributed by atoms with Crippen LogP contribution in [-0.2, 0) is 4.74 Å². The van der Waals surface area contributed by atoms with Crippen molar-refractivity contribution in [1.82, 2.24) is 0 Å². The van der Waals surface area contributed by atoms with Crippen LogP contribution in [0.2, 0.25) is 0 Å². The van der Waals surface area contributed by atoms with Crippen molar-refractivity contribution in [1.29, 1.82) is 0 Å². The molecular weight excluding hydrogens is 201 g/mol. The molecule has 5 heteroatoms. The number of halogens is 2. The second-order valence-corrected chi connectivity index (χ2v) is 4.57. The molecule has 0 fully saturated rings. The highest BCUT2D eigenvalue weighted by atomic mass is 35.5. The van der Waals surface area contributed by atoms with E-state index in [1.807, 2.05) is 0 Å². The third-order valence-electron chi connectivity index (χ3n) is 1.34. The first kappa shape index (κ1) is 12.0. The largest absolute Gasteiger partial charge is 0.553 e. The lowest BCUT2D eigenvalue weighted by Gasteiger charge is -2.28. The molecule has 0 saturated heterocycles. The molecule has 72 valence electrons. The summed E-state index contributed by atoms with van der Waals surface area (Å²) < 4.78 is 3.90. The van der Waals surface area contributed by atoms with E-state index in [9.17, 15) is 4.79 Å². The van der Waals surface area contributed by atoms with Crippen molar-refractivity contribution in [2.75, 3.05) is 6.61 Å². The average molecular weight is 215 g/mol. The lowest BCUT2D eigenvalue weighted by Crippen LogP contribution is -2.49. The van der Waals surface area contributed by atoms with Gasteiger partial charge in [-0.15, -0.1) is 0 Å². The highest BCUT2D eigenvalue weighted by molar-refractivity contribution is 6.29. The van der Waals surface area contributed by atoms with Gasteiger partial charge in [-0.25, -0.2) is 0 Å². The Morgan fingerprint density at radius 2 is 1.83 bits per heavy atom. The zero-order valence-corrected chi connectivity index (χ0v) is 9.24. The number of carbonyl (C=O) groups is 1. The van der Waals surface area contributed by atoms with Crippen molar-refractivity contribution in [3.05, 3.63) is 0 Å². The fourth-order valence-corrected chi connectivity index (χ4v) is 0.576. The van der Waals surface area contributed by atoms with Crippen molar-refractivity contribution >= 4 is 29.6 Å². The van der Waals surface area contributed by atoms with Gasteiger partial charge >= 0.3 is 6.09 Å². The van der Waals surface area contributed by atoms with Gasteiger partial charge in [0.15, 0.2) is 23.6 Å². The molecule has 0 spiro atoms. The standard InChI is InChI=1S/C7H14Cl2NO2/c1-5-12-6(11)10(8,9)7(2,3)4/h5H2,1-4H3/q+1. The molecule has 0 saturated carbocycles. The van der Waals surface area contributed by atoms with Gasteiger partial charge in [0.25, 0.3) is 0 Å². The van der Waals surface area contributed by atoms with Crippen LogP contribution in [0.15, 0.2) is 0 Å². The van der Waals surface area contributed by atoms with E-state index in [1.54, 1.807) is 27.7 Å². The quantitative estimate of drug-likeness (QED) is 0.628. The summed E-state index contributed by atoms with van der Waals surface area (Å²) in [5, 5.41) is 0. The zero-order chi connectivity index (χ0) is 9.99.